The van der Waals surface area contributed by atoms with Gasteiger partial charge in [-0.05, 0) is 48.2 Å². The Hall–Kier alpha value is -4.42. The molecule has 0 spiro atoms. The Labute approximate surface area is 275 Å². The molecular formula is C40H49N2O4+. The number of unbranched alkanes of at least 4 members (excludes halogenated alkanes) is 5. The van der Waals surface area contributed by atoms with E-state index in [0.717, 1.165) is 61.2 Å². The molecule has 0 aliphatic heterocycles. The van der Waals surface area contributed by atoms with Gasteiger partial charge in [-0.2, -0.15) is 0 Å². The Morgan fingerprint density at radius 1 is 0.609 bits per heavy atom. The second-order valence-corrected chi connectivity index (χ2v) is 12.7. The SMILES string of the molecule is C[N+](C)(C)C(Cc1ccc(C(=O)c2ccccc2)cc1)C(=O)NCCCCCCCCOc1ccc(OCc2ccccc2)cc1. The standard InChI is InChI=1S/C40H48N2O4/c1-42(2,3)38(30-32-20-22-35(23-21-32)39(43)34-18-12-9-13-19-34)40(44)41-28-14-6-4-5-7-15-29-45-36-24-26-37(27-25-36)46-31-33-16-10-8-11-17-33/h8-13,16-27,38H,4-7,14-15,28-31H2,1-3H3/p+1. The van der Waals surface area contributed by atoms with Crippen LogP contribution in [0.3, 0.4) is 0 Å². The third-order valence-electron chi connectivity index (χ3n) is 8.13. The minimum atomic E-state index is -0.214. The van der Waals surface area contributed by atoms with E-state index in [4.69, 9.17) is 9.47 Å². The van der Waals surface area contributed by atoms with Gasteiger partial charge in [0.1, 0.15) is 18.1 Å². The van der Waals surface area contributed by atoms with Crippen molar-refractivity contribution in [1.82, 2.24) is 5.32 Å². The Kier molecular flexibility index (Phi) is 13.4. The molecule has 0 saturated carbocycles. The number of quaternary nitrogens is 1. The van der Waals surface area contributed by atoms with Crippen molar-refractivity contribution in [2.45, 2.75) is 57.6 Å². The summed E-state index contributed by atoms with van der Waals surface area (Å²) in [6.45, 7) is 1.95. The van der Waals surface area contributed by atoms with E-state index < -0.39 is 0 Å². The molecule has 6 heteroatoms. The maximum absolute atomic E-state index is 13.2. The molecule has 0 bridgehead atoms. The van der Waals surface area contributed by atoms with E-state index in [0.29, 0.717) is 41.8 Å². The topological polar surface area (TPSA) is 64.6 Å². The van der Waals surface area contributed by atoms with Crippen molar-refractivity contribution in [1.29, 1.82) is 0 Å². The summed E-state index contributed by atoms with van der Waals surface area (Å²) in [5.74, 6) is 1.78. The van der Waals surface area contributed by atoms with Crippen molar-refractivity contribution >= 4 is 11.7 Å². The molecule has 0 radical (unpaired) electrons. The van der Waals surface area contributed by atoms with Gasteiger partial charge in [-0.15, -0.1) is 0 Å². The first-order valence-electron chi connectivity index (χ1n) is 16.5. The van der Waals surface area contributed by atoms with Crippen molar-refractivity contribution in [3.63, 3.8) is 0 Å². The lowest BCUT2D eigenvalue weighted by atomic mass is 9.98. The molecule has 0 fully saturated rings. The average molecular weight is 622 g/mol. The molecule has 6 nitrogen and oxygen atoms in total. The molecule has 0 aliphatic rings. The normalized spacial score (nSPS) is 11.9. The van der Waals surface area contributed by atoms with Crippen LogP contribution >= 0.6 is 0 Å². The summed E-state index contributed by atoms with van der Waals surface area (Å²) >= 11 is 0. The third kappa shape index (κ3) is 11.5. The first-order chi connectivity index (χ1) is 22.3. The van der Waals surface area contributed by atoms with Crippen LogP contribution in [-0.4, -0.2) is 56.5 Å². The number of ketones is 1. The zero-order valence-electron chi connectivity index (χ0n) is 27.6. The van der Waals surface area contributed by atoms with Gasteiger partial charge in [0.05, 0.1) is 27.7 Å². The lowest BCUT2D eigenvalue weighted by molar-refractivity contribution is -0.886. The van der Waals surface area contributed by atoms with Crippen LogP contribution in [0.4, 0.5) is 0 Å². The molecule has 4 rings (SSSR count). The number of carbonyl (C=O) groups is 2. The number of nitrogens with one attached hydrogen (secondary N) is 1. The quantitative estimate of drug-likeness (QED) is 0.0664. The predicted molar refractivity (Wildman–Crippen MR) is 185 cm³/mol. The van der Waals surface area contributed by atoms with Gasteiger partial charge >= 0.3 is 0 Å². The van der Waals surface area contributed by atoms with Crippen LogP contribution in [0.15, 0.2) is 109 Å². The van der Waals surface area contributed by atoms with Crippen LogP contribution < -0.4 is 14.8 Å². The highest BCUT2D eigenvalue weighted by atomic mass is 16.5. The molecule has 0 aliphatic carbocycles. The number of rotatable bonds is 19. The Morgan fingerprint density at radius 3 is 1.78 bits per heavy atom. The first kappa shape index (κ1) is 34.5. The number of hydrogen-bond donors (Lipinski definition) is 1. The fraction of sp³-hybridized carbons (Fsp3) is 0.350. The highest BCUT2D eigenvalue weighted by Gasteiger charge is 2.31. The highest BCUT2D eigenvalue weighted by Crippen LogP contribution is 2.20. The molecule has 1 atom stereocenters. The second-order valence-electron chi connectivity index (χ2n) is 12.7. The monoisotopic (exact) mass is 621 g/mol. The van der Waals surface area contributed by atoms with Crippen LogP contribution in [0, 0.1) is 0 Å². The maximum atomic E-state index is 13.2. The van der Waals surface area contributed by atoms with Gasteiger partial charge in [-0.25, -0.2) is 0 Å². The van der Waals surface area contributed by atoms with Gasteiger partial charge in [0.15, 0.2) is 11.8 Å². The molecule has 242 valence electrons. The highest BCUT2D eigenvalue weighted by molar-refractivity contribution is 6.08. The van der Waals surface area contributed by atoms with Crippen molar-refractivity contribution < 1.29 is 23.5 Å². The molecule has 1 amide bonds. The fourth-order valence-electron chi connectivity index (χ4n) is 5.32. The summed E-state index contributed by atoms with van der Waals surface area (Å²) in [7, 11) is 6.16. The number of amides is 1. The summed E-state index contributed by atoms with van der Waals surface area (Å²) in [6, 6.07) is 34.7. The average Bonchev–Trinajstić information content (AvgIpc) is 3.07. The Balaban J connectivity index is 1.07. The van der Waals surface area contributed by atoms with Gasteiger partial charge in [-0.3, -0.25) is 9.59 Å². The van der Waals surface area contributed by atoms with Crippen LogP contribution in [0.2, 0.25) is 0 Å². The first-order valence-corrected chi connectivity index (χ1v) is 16.5. The summed E-state index contributed by atoms with van der Waals surface area (Å²) in [5, 5.41) is 3.17. The number of carbonyl (C=O) groups excluding carboxylic acids is 2. The smallest absolute Gasteiger partial charge is 0.278 e. The maximum Gasteiger partial charge on any atom is 0.278 e. The molecule has 46 heavy (non-hydrogen) atoms. The number of likely N-dealkylation sites (N-methyl/N-ethyl adjacent to an activating group) is 1. The van der Waals surface area contributed by atoms with Crippen molar-refractivity contribution in [3.05, 3.63) is 131 Å². The Morgan fingerprint density at radius 2 is 1.15 bits per heavy atom. The van der Waals surface area contributed by atoms with E-state index in [1.807, 2.05) is 97.1 Å². The molecular weight excluding hydrogens is 572 g/mol. The lowest BCUT2D eigenvalue weighted by Gasteiger charge is -2.33. The van der Waals surface area contributed by atoms with Crippen LogP contribution in [0.25, 0.3) is 0 Å². The molecule has 1 N–H and O–H groups in total. The van der Waals surface area contributed by atoms with E-state index in [-0.39, 0.29) is 17.7 Å². The van der Waals surface area contributed by atoms with Gasteiger partial charge in [0, 0.05) is 24.1 Å². The Bertz CT molecular complexity index is 1460. The lowest BCUT2D eigenvalue weighted by Crippen LogP contribution is -2.55. The minimum Gasteiger partial charge on any atom is -0.494 e. The third-order valence-corrected chi connectivity index (χ3v) is 8.13. The zero-order chi connectivity index (χ0) is 32.6. The van der Waals surface area contributed by atoms with Crippen molar-refractivity contribution in [3.8, 4) is 11.5 Å². The van der Waals surface area contributed by atoms with Crippen LogP contribution in [0.1, 0.15) is 65.6 Å². The van der Waals surface area contributed by atoms with Crippen LogP contribution in [-0.2, 0) is 17.8 Å². The van der Waals surface area contributed by atoms with Crippen molar-refractivity contribution in [2.75, 3.05) is 34.3 Å². The molecule has 1 unspecified atom stereocenters. The van der Waals surface area contributed by atoms with E-state index >= 15 is 0 Å². The summed E-state index contributed by atoms with van der Waals surface area (Å²) < 4.78 is 12.3. The van der Waals surface area contributed by atoms with Gasteiger partial charge in [-0.1, -0.05) is 111 Å². The minimum absolute atomic E-state index is 0.00775. The predicted octanol–water partition coefficient (Wildman–Crippen LogP) is 7.65. The molecule has 4 aromatic rings. The van der Waals surface area contributed by atoms with E-state index in [9.17, 15) is 9.59 Å². The summed E-state index contributed by atoms with van der Waals surface area (Å²) in [6.07, 6.45) is 7.14. The second kappa shape index (κ2) is 17.9. The van der Waals surface area contributed by atoms with Crippen LogP contribution in [0.5, 0.6) is 11.5 Å². The molecule has 0 aromatic heterocycles. The number of ether oxygens (including phenoxy) is 2. The number of benzene rings is 4. The van der Waals surface area contributed by atoms with Gasteiger partial charge < -0.3 is 19.3 Å². The van der Waals surface area contributed by atoms with Gasteiger partial charge in [0.2, 0.25) is 0 Å². The van der Waals surface area contributed by atoms with E-state index in [1.165, 1.54) is 0 Å². The molecule has 4 aromatic carbocycles. The molecule has 0 heterocycles. The van der Waals surface area contributed by atoms with E-state index in [2.05, 4.69) is 38.6 Å². The molecule has 0 saturated heterocycles. The van der Waals surface area contributed by atoms with E-state index in [1.54, 1.807) is 0 Å². The van der Waals surface area contributed by atoms with Crippen molar-refractivity contribution in [2.24, 2.45) is 0 Å². The fourth-order valence-corrected chi connectivity index (χ4v) is 5.32. The number of hydrogen-bond acceptors (Lipinski definition) is 4. The zero-order valence-corrected chi connectivity index (χ0v) is 27.6. The largest absolute Gasteiger partial charge is 0.494 e. The summed E-state index contributed by atoms with van der Waals surface area (Å²) in [4.78, 5) is 25.9. The van der Waals surface area contributed by atoms with Gasteiger partial charge in [0.25, 0.3) is 5.91 Å². The summed E-state index contributed by atoms with van der Waals surface area (Å²) in [5.41, 5.74) is 3.53. The number of nitrogens with zero attached hydrogens (tertiary/aromatic N) is 1.